The number of nitrogens with zero attached hydrogens (tertiary/aromatic N) is 2. The number of rotatable bonds is 7. The first-order chi connectivity index (χ1) is 23.8. The second kappa shape index (κ2) is 16.6. The predicted octanol–water partition coefficient (Wildman–Crippen LogP) is 6.59. The number of hydrogen-bond donors (Lipinski definition) is 4. The third kappa shape index (κ3) is 9.17. The summed E-state index contributed by atoms with van der Waals surface area (Å²) in [6.07, 6.45) is 1.03. The van der Waals surface area contributed by atoms with Crippen molar-refractivity contribution in [2.24, 2.45) is 0 Å². The summed E-state index contributed by atoms with van der Waals surface area (Å²) in [6, 6.07) is 17.5. The van der Waals surface area contributed by atoms with Gasteiger partial charge in [-0.3, -0.25) is 19.5 Å². The SMILES string of the molecule is CC(=O)O.CCOP(=O)(OCC)c1ccc2cc1CN(C)C(=O)C(Nc1ccc3c(N)nccc3c1)c1ccc(c(C)c1)[C@@H](C)COC(=O)N2. The van der Waals surface area contributed by atoms with Crippen LogP contribution >= 0.6 is 7.60 Å². The van der Waals surface area contributed by atoms with Gasteiger partial charge in [0.15, 0.2) is 0 Å². The number of hydrogen-bond acceptors (Lipinski definition) is 10. The summed E-state index contributed by atoms with van der Waals surface area (Å²) in [4.78, 5) is 41.9. The Balaban J connectivity index is 0.00000133. The molecule has 5 N–H and O–H groups in total. The summed E-state index contributed by atoms with van der Waals surface area (Å²) in [6.45, 7) is 9.03. The second-order valence-corrected chi connectivity index (χ2v) is 13.8. The number of amides is 2. The van der Waals surface area contributed by atoms with Gasteiger partial charge in [0.05, 0.1) is 25.1 Å². The number of nitrogens with two attached hydrogens (primary N) is 1. The Morgan fingerprint density at radius 2 is 1.80 bits per heavy atom. The maximum absolute atomic E-state index is 14.4. The minimum Gasteiger partial charge on any atom is -0.481 e. The van der Waals surface area contributed by atoms with E-state index in [2.05, 4.69) is 15.6 Å². The molecule has 2 aliphatic rings. The smallest absolute Gasteiger partial charge is 0.411 e. The molecule has 1 unspecified atom stereocenters. The zero-order valence-corrected chi connectivity index (χ0v) is 30.0. The predicted molar refractivity (Wildman–Crippen MR) is 194 cm³/mol. The highest BCUT2D eigenvalue weighted by atomic mass is 31.2. The van der Waals surface area contributed by atoms with Gasteiger partial charge in [-0.2, -0.15) is 0 Å². The first-order valence-corrected chi connectivity index (χ1v) is 17.7. The van der Waals surface area contributed by atoms with E-state index < -0.39 is 25.7 Å². The normalized spacial score (nSPS) is 16.6. The van der Waals surface area contributed by atoms with Crippen molar-refractivity contribution in [3.8, 4) is 0 Å². The fourth-order valence-corrected chi connectivity index (χ4v) is 7.53. The van der Waals surface area contributed by atoms with E-state index in [1.807, 2.05) is 56.3 Å². The number of nitrogen functional groups attached to an aromatic ring is 1. The van der Waals surface area contributed by atoms with Crippen LogP contribution in [0.2, 0.25) is 0 Å². The summed E-state index contributed by atoms with van der Waals surface area (Å²) in [5, 5.41) is 15.6. The zero-order chi connectivity index (χ0) is 36.6. The lowest BCUT2D eigenvalue weighted by molar-refractivity contribution is -0.134. The van der Waals surface area contributed by atoms with Crippen LogP contribution in [0.3, 0.4) is 0 Å². The maximum Gasteiger partial charge on any atom is 0.411 e. The maximum atomic E-state index is 14.4. The molecular formula is C36H44N5O8P. The molecule has 50 heavy (non-hydrogen) atoms. The lowest BCUT2D eigenvalue weighted by Gasteiger charge is -2.28. The second-order valence-electron chi connectivity index (χ2n) is 11.8. The first-order valence-electron chi connectivity index (χ1n) is 16.2. The van der Waals surface area contributed by atoms with Crippen LogP contribution in [-0.2, 0) is 34.5 Å². The molecule has 0 spiro atoms. The van der Waals surface area contributed by atoms with E-state index >= 15 is 0 Å². The average molecular weight is 706 g/mol. The molecule has 1 aromatic heterocycles. The van der Waals surface area contributed by atoms with Gasteiger partial charge in [-0.15, -0.1) is 0 Å². The Bertz CT molecular complexity index is 1910. The van der Waals surface area contributed by atoms with Gasteiger partial charge in [0, 0.05) is 49.4 Å². The molecule has 4 aromatic rings. The highest BCUT2D eigenvalue weighted by molar-refractivity contribution is 7.62. The number of aliphatic carboxylic acids is 1. The Labute approximate surface area is 291 Å². The Hall–Kier alpha value is -4.97. The molecule has 3 heterocycles. The number of aryl methyl sites for hydroxylation is 1. The van der Waals surface area contributed by atoms with Crippen LogP contribution in [0, 0.1) is 6.92 Å². The molecule has 0 saturated heterocycles. The molecule has 14 heteroatoms. The molecule has 266 valence electrons. The number of carboxylic acid groups (broad SMARTS) is 1. The standard InChI is InChI=1S/C34H40N5O6P.C2H4O2/c1-6-44-46(42,45-7-2)30-13-10-27-18-25(30)19-39(5)33(40)31(37-26-9-12-29-23(17-26)14-15-36-32(29)35)24-8-11-28(21(3)16-24)22(4)20-43-34(41)38-27;1-2(3)4/h8-18,22,31,37H,6-7,19-20H2,1-5H3,(H2,35,36)(H,38,41);1H3,(H,3,4)/t22-,31?;/m0./s1. The number of anilines is 3. The van der Waals surface area contributed by atoms with Crippen LogP contribution < -0.4 is 21.7 Å². The number of ether oxygens (including phenoxy) is 1. The van der Waals surface area contributed by atoms with Crippen molar-refractivity contribution < 1.29 is 37.8 Å². The number of fused-ring (bicyclic) bond motifs is 10. The van der Waals surface area contributed by atoms with E-state index in [4.69, 9.17) is 29.4 Å². The molecule has 0 fully saturated rings. The molecule has 0 aliphatic carbocycles. The highest BCUT2D eigenvalue weighted by Crippen LogP contribution is 2.48. The fourth-order valence-electron chi connectivity index (χ4n) is 5.75. The van der Waals surface area contributed by atoms with Gasteiger partial charge in [0.25, 0.3) is 5.97 Å². The van der Waals surface area contributed by atoms with Gasteiger partial charge in [-0.25, -0.2) is 9.78 Å². The molecule has 4 bridgehead atoms. The van der Waals surface area contributed by atoms with Crippen LogP contribution in [0.15, 0.2) is 66.9 Å². The number of pyridine rings is 1. The van der Waals surface area contributed by atoms with E-state index in [0.717, 1.165) is 40.1 Å². The van der Waals surface area contributed by atoms with E-state index in [1.54, 1.807) is 50.2 Å². The minimum absolute atomic E-state index is 0.0507. The molecule has 0 radical (unpaired) electrons. The van der Waals surface area contributed by atoms with E-state index in [9.17, 15) is 14.2 Å². The van der Waals surface area contributed by atoms with Gasteiger partial charge in [0.2, 0.25) is 5.91 Å². The van der Waals surface area contributed by atoms with Crippen LogP contribution in [0.4, 0.5) is 22.0 Å². The number of aromatic nitrogens is 1. The molecule has 2 amide bonds. The Morgan fingerprint density at radius 1 is 1.10 bits per heavy atom. The monoisotopic (exact) mass is 705 g/mol. The van der Waals surface area contributed by atoms with Crippen molar-refractivity contribution >= 4 is 58.8 Å². The molecule has 13 nitrogen and oxygen atoms in total. The quantitative estimate of drug-likeness (QED) is 0.152. The van der Waals surface area contributed by atoms with Crippen molar-refractivity contribution in [1.29, 1.82) is 0 Å². The van der Waals surface area contributed by atoms with Gasteiger partial charge in [0.1, 0.15) is 11.9 Å². The van der Waals surface area contributed by atoms with Crippen molar-refractivity contribution in [3.05, 3.63) is 89.1 Å². The fraction of sp³-hybridized carbons (Fsp3) is 0.333. The highest BCUT2D eigenvalue weighted by Gasteiger charge is 2.32. The Kier molecular flexibility index (Phi) is 12.6. The van der Waals surface area contributed by atoms with Crippen LogP contribution in [0.5, 0.6) is 0 Å². The third-order valence-corrected chi connectivity index (χ3v) is 10.2. The van der Waals surface area contributed by atoms with Crippen molar-refractivity contribution in [2.75, 3.05) is 43.2 Å². The summed E-state index contributed by atoms with van der Waals surface area (Å²) < 4.78 is 30.8. The molecule has 0 saturated carbocycles. The van der Waals surface area contributed by atoms with Crippen molar-refractivity contribution in [2.45, 2.75) is 53.1 Å². The summed E-state index contributed by atoms with van der Waals surface area (Å²) >= 11 is 0. The number of carboxylic acids is 1. The number of carbonyl (C=O) groups excluding carboxylic acids is 2. The number of nitrogens with one attached hydrogen (secondary N) is 2. The van der Waals surface area contributed by atoms with Crippen molar-refractivity contribution in [3.63, 3.8) is 0 Å². The van der Waals surface area contributed by atoms with Gasteiger partial charge < -0.3 is 34.8 Å². The van der Waals surface area contributed by atoms with Gasteiger partial charge in [-0.05, 0) is 90.9 Å². The summed E-state index contributed by atoms with van der Waals surface area (Å²) in [5.41, 5.74) is 10.4. The lowest BCUT2D eigenvalue weighted by Crippen LogP contribution is -2.36. The Morgan fingerprint density at radius 3 is 2.46 bits per heavy atom. The number of benzene rings is 3. The number of carbonyl (C=O) groups is 3. The molecule has 2 atom stereocenters. The van der Waals surface area contributed by atoms with Gasteiger partial charge in [-0.1, -0.05) is 25.1 Å². The van der Waals surface area contributed by atoms with E-state index in [-0.39, 0.29) is 38.2 Å². The lowest BCUT2D eigenvalue weighted by atomic mass is 9.93. The van der Waals surface area contributed by atoms with E-state index in [1.165, 1.54) is 0 Å². The zero-order valence-electron chi connectivity index (χ0n) is 29.1. The molecular weight excluding hydrogens is 661 g/mol. The average Bonchev–Trinajstić information content (AvgIpc) is 3.05. The van der Waals surface area contributed by atoms with Crippen LogP contribution in [0.25, 0.3) is 10.8 Å². The minimum atomic E-state index is -3.75. The molecule has 2 aliphatic heterocycles. The van der Waals surface area contributed by atoms with Crippen LogP contribution in [-0.4, -0.2) is 59.8 Å². The first kappa shape index (κ1) is 37.8. The van der Waals surface area contributed by atoms with Gasteiger partial charge >= 0.3 is 13.7 Å². The largest absolute Gasteiger partial charge is 0.481 e. The summed E-state index contributed by atoms with van der Waals surface area (Å²) in [7, 11) is -2.07. The van der Waals surface area contributed by atoms with E-state index in [0.29, 0.717) is 22.4 Å². The third-order valence-electron chi connectivity index (χ3n) is 7.98. The number of likely N-dealkylation sites (N-methyl/N-ethyl adjacent to an activating group) is 1. The van der Waals surface area contributed by atoms with Crippen LogP contribution in [0.1, 0.15) is 61.9 Å². The molecule has 3 aromatic carbocycles. The topological polar surface area (TPSA) is 182 Å². The van der Waals surface area contributed by atoms with Crippen molar-refractivity contribution in [1.82, 2.24) is 9.88 Å². The molecule has 6 rings (SSSR count). The summed E-state index contributed by atoms with van der Waals surface area (Å²) in [5.74, 6) is -0.731.